The van der Waals surface area contributed by atoms with Crippen LogP contribution >= 0.6 is 0 Å². The lowest BCUT2D eigenvalue weighted by molar-refractivity contribution is 0.268. The van der Waals surface area contributed by atoms with Crippen LogP contribution < -0.4 is 0 Å². The molecule has 0 N–H and O–H groups in total. The van der Waals surface area contributed by atoms with Gasteiger partial charge in [0.2, 0.25) is 0 Å². The topological polar surface area (TPSA) is 29.5 Å². The SMILES string of the molecule is CCCCN(CC)CCCCCCCCCCCCCO[C]=O. The minimum atomic E-state index is 0.539. The third kappa shape index (κ3) is 17.6. The molecule has 0 aliphatic rings. The van der Waals surface area contributed by atoms with Crippen molar-refractivity contribution in [2.24, 2.45) is 0 Å². The summed E-state index contributed by atoms with van der Waals surface area (Å²) in [6.07, 6.45) is 17.1. The number of rotatable bonds is 19. The van der Waals surface area contributed by atoms with Gasteiger partial charge in [0.1, 0.15) is 0 Å². The van der Waals surface area contributed by atoms with E-state index in [4.69, 9.17) is 0 Å². The molecule has 0 aromatic rings. The molecule has 0 aromatic heterocycles. The van der Waals surface area contributed by atoms with Crippen LogP contribution in [-0.2, 0) is 9.53 Å². The van der Waals surface area contributed by atoms with Gasteiger partial charge in [-0.25, -0.2) is 4.79 Å². The van der Waals surface area contributed by atoms with E-state index >= 15 is 0 Å². The number of unbranched alkanes of at least 4 members (excludes halogenated alkanes) is 11. The van der Waals surface area contributed by atoms with Crippen LogP contribution in [0.4, 0.5) is 0 Å². The van der Waals surface area contributed by atoms with Crippen molar-refractivity contribution in [3.8, 4) is 0 Å². The predicted octanol–water partition coefficient (Wildman–Crippen LogP) is 5.48. The summed E-state index contributed by atoms with van der Waals surface area (Å²) in [6, 6.07) is 0. The van der Waals surface area contributed by atoms with Crippen molar-refractivity contribution in [2.45, 2.75) is 97.3 Å². The molecule has 0 bridgehead atoms. The molecule has 0 aromatic carbocycles. The molecule has 0 atom stereocenters. The highest BCUT2D eigenvalue weighted by Crippen LogP contribution is 2.11. The van der Waals surface area contributed by atoms with E-state index in [2.05, 4.69) is 23.5 Å². The van der Waals surface area contributed by atoms with Gasteiger partial charge in [-0.2, -0.15) is 0 Å². The van der Waals surface area contributed by atoms with Gasteiger partial charge in [0, 0.05) is 0 Å². The fraction of sp³-hybridized carbons (Fsp3) is 0.950. The van der Waals surface area contributed by atoms with E-state index in [1.54, 1.807) is 0 Å². The van der Waals surface area contributed by atoms with E-state index in [1.807, 2.05) is 0 Å². The Balaban J connectivity index is 3.13. The largest absolute Gasteiger partial charge is 0.457 e. The van der Waals surface area contributed by atoms with Gasteiger partial charge >= 0.3 is 6.47 Å². The van der Waals surface area contributed by atoms with Gasteiger partial charge in [-0.3, -0.25) is 0 Å². The second kappa shape index (κ2) is 19.5. The highest BCUT2D eigenvalue weighted by atomic mass is 16.5. The molecule has 0 heterocycles. The van der Waals surface area contributed by atoms with Crippen molar-refractivity contribution in [2.75, 3.05) is 26.2 Å². The highest BCUT2D eigenvalue weighted by Gasteiger charge is 2.00. The van der Waals surface area contributed by atoms with Gasteiger partial charge in [0.25, 0.3) is 0 Å². The molecule has 3 heteroatoms. The molecule has 0 saturated heterocycles. The number of hydrogen-bond donors (Lipinski definition) is 0. The lowest BCUT2D eigenvalue weighted by Gasteiger charge is -2.19. The molecule has 1 radical (unpaired) electrons. The molecule has 0 unspecified atom stereocenters. The van der Waals surface area contributed by atoms with Crippen LogP contribution in [0.1, 0.15) is 97.3 Å². The van der Waals surface area contributed by atoms with Crippen molar-refractivity contribution >= 4 is 6.47 Å². The van der Waals surface area contributed by atoms with E-state index in [1.165, 1.54) is 103 Å². The Bertz CT molecular complexity index is 234. The van der Waals surface area contributed by atoms with Gasteiger partial charge in [-0.15, -0.1) is 0 Å². The number of carbonyl (C=O) groups excluding carboxylic acids is 1. The van der Waals surface area contributed by atoms with Crippen LogP contribution in [0.15, 0.2) is 0 Å². The van der Waals surface area contributed by atoms with Crippen LogP contribution in [-0.4, -0.2) is 37.6 Å². The summed E-state index contributed by atoms with van der Waals surface area (Å²) in [7, 11) is 0. The molecule has 0 spiro atoms. The number of hydrogen-bond acceptors (Lipinski definition) is 3. The third-order valence-electron chi connectivity index (χ3n) is 4.55. The Labute approximate surface area is 145 Å². The molecule has 23 heavy (non-hydrogen) atoms. The zero-order chi connectivity index (χ0) is 17.0. The monoisotopic (exact) mass is 326 g/mol. The van der Waals surface area contributed by atoms with Crippen molar-refractivity contribution in [1.29, 1.82) is 0 Å². The second-order valence-electron chi connectivity index (χ2n) is 6.61. The van der Waals surface area contributed by atoms with Gasteiger partial charge in [-0.05, 0) is 38.9 Å². The minimum Gasteiger partial charge on any atom is -0.457 e. The maximum atomic E-state index is 9.85. The average Bonchev–Trinajstić information content (AvgIpc) is 2.57. The standard InChI is InChI=1S/C20H40NO2/c1-3-5-17-21(4-2)18-15-13-11-9-7-6-8-10-12-14-16-19-23-20-22/h3-19H2,1-2H3. The Morgan fingerprint density at radius 1 is 0.696 bits per heavy atom. The van der Waals surface area contributed by atoms with Gasteiger partial charge in [-0.1, -0.05) is 78.1 Å². The van der Waals surface area contributed by atoms with E-state index in [9.17, 15) is 4.79 Å². The molecule has 0 aliphatic heterocycles. The Morgan fingerprint density at radius 2 is 1.17 bits per heavy atom. The van der Waals surface area contributed by atoms with E-state index in [0.29, 0.717) is 6.61 Å². The van der Waals surface area contributed by atoms with Gasteiger partial charge in [0.15, 0.2) is 0 Å². The molecule has 137 valence electrons. The number of nitrogens with zero attached hydrogens (tertiary/aromatic N) is 1. The minimum absolute atomic E-state index is 0.539. The van der Waals surface area contributed by atoms with Crippen LogP contribution in [0, 0.1) is 0 Å². The Morgan fingerprint density at radius 3 is 1.65 bits per heavy atom. The third-order valence-corrected chi connectivity index (χ3v) is 4.55. The summed E-state index contributed by atoms with van der Waals surface area (Å²) in [5.74, 6) is 0. The van der Waals surface area contributed by atoms with E-state index in [-0.39, 0.29) is 0 Å². The summed E-state index contributed by atoms with van der Waals surface area (Å²) >= 11 is 0. The predicted molar refractivity (Wildman–Crippen MR) is 99.5 cm³/mol. The summed E-state index contributed by atoms with van der Waals surface area (Å²) in [6.45, 7) is 10.4. The summed E-state index contributed by atoms with van der Waals surface area (Å²) in [4.78, 5) is 12.4. The first kappa shape index (κ1) is 22.4. The molecule has 0 amide bonds. The molecular weight excluding hydrogens is 286 g/mol. The quantitative estimate of drug-likeness (QED) is 0.294. The fourth-order valence-corrected chi connectivity index (χ4v) is 2.95. The first-order chi connectivity index (χ1) is 11.3. The van der Waals surface area contributed by atoms with Crippen molar-refractivity contribution in [1.82, 2.24) is 4.90 Å². The van der Waals surface area contributed by atoms with Crippen molar-refractivity contribution in [3.63, 3.8) is 0 Å². The summed E-state index contributed by atoms with van der Waals surface area (Å²) < 4.78 is 4.56. The summed E-state index contributed by atoms with van der Waals surface area (Å²) in [5.41, 5.74) is 0. The Kier molecular flexibility index (Phi) is 19.0. The summed E-state index contributed by atoms with van der Waals surface area (Å²) in [5, 5.41) is 0. The lowest BCUT2D eigenvalue weighted by atomic mass is 10.1. The maximum absolute atomic E-state index is 9.85. The molecule has 0 rings (SSSR count). The maximum Gasteiger partial charge on any atom is 0.417 e. The van der Waals surface area contributed by atoms with E-state index < -0.39 is 0 Å². The number of ether oxygens (including phenoxy) is 1. The average molecular weight is 327 g/mol. The van der Waals surface area contributed by atoms with Gasteiger partial charge < -0.3 is 9.64 Å². The Hall–Kier alpha value is -0.570. The fourth-order valence-electron chi connectivity index (χ4n) is 2.95. The lowest BCUT2D eigenvalue weighted by Crippen LogP contribution is -2.25. The van der Waals surface area contributed by atoms with Gasteiger partial charge in [0.05, 0.1) is 6.61 Å². The first-order valence-corrected chi connectivity index (χ1v) is 10.1. The first-order valence-electron chi connectivity index (χ1n) is 10.1. The second-order valence-corrected chi connectivity index (χ2v) is 6.61. The molecule has 0 saturated carbocycles. The zero-order valence-electron chi connectivity index (χ0n) is 15.8. The van der Waals surface area contributed by atoms with Crippen LogP contribution in [0.5, 0.6) is 0 Å². The molecular formula is C20H40NO2. The van der Waals surface area contributed by atoms with Crippen molar-refractivity contribution < 1.29 is 9.53 Å². The normalized spacial score (nSPS) is 11.1. The molecule has 0 fully saturated rings. The molecule has 0 aliphatic carbocycles. The van der Waals surface area contributed by atoms with Crippen LogP contribution in [0.3, 0.4) is 0 Å². The van der Waals surface area contributed by atoms with E-state index in [0.717, 1.165) is 6.42 Å². The van der Waals surface area contributed by atoms with Crippen LogP contribution in [0.25, 0.3) is 0 Å². The highest BCUT2D eigenvalue weighted by molar-refractivity contribution is 5.37. The zero-order valence-corrected chi connectivity index (χ0v) is 15.8. The molecule has 3 nitrogen and oxygen atoms in total. The van der Waals surface area contributed by atoms with Crippen molar-refractivity contribution in [3.05, 3.63) is 0 Å². The van der Waals surface area contributed by atoms with Crippen LogP contribution in [0.2, 0.25) is 0 Å². The smallest absolute Gasteiger partial charge is 0.417 e.